The number of aromatic nitrogens is 1. The van der Waals surface area contributed by atoms with Crippen molar-refractivity contribution in [2.75, 3.05) is 0 Å². The van der Waals surface area contributed by atoms with Crippen LogP contribution < -0.4 is 4.74 Å². The number of hydrogen-bond donors (Lipinski definition) is 0. The van der Waals surface area contributed by atoms with Crippen LogP contribution in [0.4, 0.5) is 0 Å². The Kier molecular flexibility index (Phi) is 2.91. The van der Waals surface area contributed by atoms with Crippen LogP contribution in [-0.4, -0.2) is 4.98 Å². The van der Waals surface area contributed by atoms with Gasteiger partial charge in [0, 0.05) is 17.6 Å². The predicted molar refractivity (Wildman–Crippen MR) is 58.7 cm³/mol. The van der Waals surface area contributed by atoms with E-state index in [4.69, 9.17) is 27.9 Å². The lowest BCUT2D eigenvalue weighted by Gasteiger charge is -2.02. The molecule has 0 aliphatic carbocycles. The summed E-state index contributed by atoms with van der Waals surface area (Å²) in [6.45, 7) is 0. The van der Waals surface area contributed by atoms with E-state index >= 15 is 0 Å². The van der Waals surface area contributed by atoms with E-state index < -0.39 is 0 Å². The van der Waals surface area contributed by atoms with Crippen molar-refractivity contribution in [3.63, 3.8) is 0 Å². The second-order valence-corrected chi connectivity index (χ2v) is 4.15. The number of rotatable bonds is 2. The van der Waals surface area contributed by atoms with Crippen molar-refractivity contribution in [1.82, 2.24) is 4.98 Å². The number of ether oxygens (including phenoxy) is 1. The van der Waals surface area contributed by atoms with Crippen molar-refractivity contribution in [2.45, 2.75) is 0 Å². The van der Waals surface area contributed by atoms with E-state index in [1.807, 2.05) is 5.38 Å². The number of benzene rings is 1. The van der Waals surface area contributed by atoms with E-state index in [9.17, 15) is 0 Å². The van der Waals surface area contributed by atoms with Crippen molar-refractivity contribution >= 4 is 34.5 Å². The molecule has 2 rings (SSSR count). The molecule has 1 aromatic carbocycles. The zero-order valence-electron chi connectivity index (χ0n) is 6.91. The minimum atomic E-state index is 0.473. The molecule has 72 valence electrons. The molecule has 0 radical (unpaired) electrons. The van der Waals surface area contributed by atoms with Crippen LogP contribution in [0.1, 0.15) is 0 Å². The standard InChI is InChI=1S/C9H5Cl2NOS/c10-7-2-1-6(5-8(7)11)13-9-12-3-4-14-9/h1-5H. The van der Waals surface area contributed by atoms with Crippen molar-refractivity contribution in [2.24, 2.45) is 0 Å². The first-order valence-corrected chi connectivity index (χ1v) is 5.41. The fourth-order valence-corrected chi connectivity index (χ4v) is 1.69. The number of nitrogens with zero attached hydrogens (tertiary/aromatic N) is 1. The highest BCUT2D eigenvalue weighted by Gasteiger charge is 2.02. The van der Waals surface area contributed by atoms with Gasteiger partial charge in [-0.3, -0.25) is 0 Å². The van der Waals surface area contributed by atoms with Gasteiger partial charge in [0.1, 0.15) is 5.75 Å². The van der Waals surface area contributed by atoms with E-state index in [-0.39, 0.29) is 0 Å². The van der Waals surface area contributed by atoms with E-state index in [1.54, 1.807) is 24.4 Å². The smallest absolute Gasteiger partial charge is 0.278 e. The van der Waals surface area contributed by atoms with Crippen LogP contribution in [0, 0.1) is 0 Å². The molecule has 1 aromatic heterocycles. The lowest BCUT2D eigenvalue weighted by atomic mass is 10.3. The Morgan fingerprint density at radius 2 is 2.07 bits per heavy atom. The van der Waals surface area contributed by atoms with Gasteiger partial charge in [0.15, 0.2) is 0 Å². The molecule has 0 bridgehead atoms. The molecule has 0 fully saturated rings. The van der Waals surface area contributed by atoms with Gasteiger partial charge in [0.2, 0.25) is 0 Å². The van der Waals surface area contributed by atoms with Gasteiger partial charge in [-0.2, -0.15) is 0 Å². The van der Waals surface area contributed by atoms with Gasteiger partial charge in [0.25, 0.3) is 5.19 Å². The van der Waals surface area contributed by atoms with Gasteiger partial charge < -0.3 is 4.74 Å². The topological polar surface area (TPSA) is 22.1 Å². The molecule has 0 unspecified atom stereocenters. The second kappa shape index (κ2) is 4.17. The van der Waals surface area contributed by atoms with Gasteiger partial charge in [0.05, 0.1) is 10.0 Å². The summed E-state index contributed by atoms with van der Waals surface area (Å²) in [5.74, 6) is 0.634. The molecular formula is C9H5Cl2NOS. The minimum absolute atomic E-state index is 0.473. The Balaban J connectivity index is 2.22. The summed E-state index contributed by atoms with van der Waals surface area (Å²) in [7, 11) is 0. The van der Waals surface area contributed by atoms with Gasteiger partial charge in [-0.05, 0) is 12.1 Å². The molecule has 1 heterocycles. The van der Waals surface area contributed by atoms with E-state index in [1.165, 1.54) is 11.3 Å². The Morgan fingerprint density at radius 3 is 2.71 bits per heavy atom. The average molecular weight is 246 g/mol. The average Bonchev–Trinajstić information content (AvgIpc) is 2.64. The van der Waals surface area contributed by atoms with Crippen LogP contribution in [0.3, 0.4) is 0 Å². The molecule has 0 aliphatic rings. The fourth-order valence-electron chi connectivity index (χ4n) is 0.902. The zero-order chi connectivity index (χ0) is 9.97. The lowest BCUT2D eigenvalue weighted by molar-refractivity contribution is 0.479. The maximum absolute atomic E-state index is 5.83. The maximum Gasteiger partial charge on any atom is 0.278 e. The molecule has 14 heavy (non-hydrogen) atoms. The van der Waals surface area contributed by atoms with E-state index in [2.05, 4.69) is 4.98 Å². The first-order valence-electron chi connectivity index (χ1n) is 3.78. The fraction of sp³-hybridized carbons (Fsp3) is 0. The molecule has 0 atom stereocenters. The van der Waals surface area contributed by atoms with Gasteiger partial charge in [-0.1, -0.05) is 34.5 Å². The first kappa shape index (κ1) is 9.77. The normalized spacial score (nSPS) is 10.1. The summed E-state index contributed by atoms with van der Waals surface area (Å²) in [5.41, 5.74) is 0. The second-order valence-electron chi connectivity index (χ2n) is 2.48. The Bertz CT molecular complexity index is 430. The van der Waals surface area contributed by atoms with Crippen molar-refractivity contribution < 1.29 is 4.74 Å². The molecule has 2 nitrogen and oxygen atoms in total. The maximum atomic E-state index is 5.83. The van der Waals surface area contributed by atoms with Crippen molar-refractivity contribution in [3.05, 3.63) is 39.8 Å². The highest BCUT2D eigenvalue weighted by molar-refractivity contribution is 7.11. The van der Waals surface area contributed by atoms with Crippen molar-refractivity contribution in [1.29, 1.82) is 0 Å². The summed E-state index contributed by atoms with van der Waals surface area (Å²) < 4.78 is 5.42. The molecule has 2 aromatic rings. The van der Waals surface area contributed by atoms with Crippen molar-refractivity contribution in [3.8, 4) is 10.9 Å². The Labute approximate surface area is 95.1 Å². The molecule has 0 amide bonds. The van der Waals surface area contributed by atoms with E-state index in [0.29, 0.717) is 21.0 Å². The van der Waals surface area contributed by atoms with Gasteiger partial charge >= 0.3 is 0 Å². The third-order valence-corrected chi connectivity index (χ3v) is 2.89. The zero-order valence-corrected chi connectivity index (χ0v) is 9.23. The quantitative estimate of drug-likeness (QED) is 0.790. The van der Waals surface area contributed by atoms with Gasteiger partial charge in [-0.25, -0.2) is 4.98 Å². The highest BCUT2D eigenvalue weighted by Crippen LogP contribution is 2.29. The monoisotopic (exact) mass is 245 g/mol. The SMILES string of the molecule is Clc1ccc(Oc2nccs2)cc1Cl. The van der Waals surface area contributed by atoms with Crippen LogP contribution in [-0.2, 0) is 0 Å². The summed E-state index contributed by atoms with van der Waals surface area (Å²) in [5, 5.41) is 3.41. The van der Waals surface area contributed by atoms with E-state index in [0.717, 1.165) is 0 Å². The Morgan fingerprint density at radius 1 is 1.21 bits per heavy atom. The predicted octanol–water partition coefficient (Wildman–Crippen LogP) is 4.24. The summed E-state index contributed by atoms with van der Waals surface area (Å²) in [6, 6.07) is 5.09. The highest BCUT2D eigenvalue weighted by atomic mass is 35.5. The van der Waals surface area contributed by atoms with Crippen LogP contribution in [0.2, 0.25) is 10.0 Å². The molecule has 5 heteroatoms. The lowest BCUT2D eigenvalue weighted by Crippen LogP contribution is -1.82. The minimum Gasteiger partial charge on any atom is -0.431 e. The summed E-state index contributed by atoms with van der Waals surface area (Å²) in [6.07, 6.45) is 1.68. The Hall–Kier alpha value is -0.770. The third-order valence-electron chi connectivity index (χ3n) is 1.51. The molecule has 0 aliphatic heterocycles. The molecule has 0 N–H and O–H groups in total. The number of thiazole rings is 1. The van der Waals surface area contributed by atoms with Crippen LogP contribution in [0.15, 0.2) is 29.8 Å². The third kappa shape index (κ3) is 2.18. The summed E-state index contributed by atoms with van der Waals surface area (Å²) in [4.78, 5) is 3.98. The molecule has 0 saturated carbocycles. The molecule has 0 saturated heterocycles. The van der Waals surface area contributed by atoms with Crippen LogP contribution in [0.5, 0.6) is 10.9 Å². The number of halogens is 2. The molecule has 0 spiro atoms. The summed E-state index contributed by atoms with van der Waals surface area (Å²) >= 11 is 13.0. The number of hydrogen-bond acceptors (Lipinski definition) is 3. The molecular weight excluding hydrogens is 241 g/mol. The van der Waals surface area contributed by atoms with Crippen LogP contribution >= 0.6 is 34.5 Å². The van der Waals surface area contributed by atoms with Crippen LogP contribution in [0.25, 0.3) is 0 Å². The largest absolute Gasteiger partial charge is 0.431 e. The van der Waals surface area contributed by atoms with Gasteiger partial charge in [-0.15, -0.1) is 0 Å². The first-order chi connectivity index (χ1) is 6.75.